The molecule has 1 aliphatic heterocycles. The number of hydrogen-bond acceptors (Lipinski definition) is 4. The lowest BCUT2D eigenvalue weighted by atomic mass is 10.0. The van der Waals surface area contributed by atoms with Gasteiger partial charge in [-0.3, -0.25) is 0 Å². The predicted octanol–water partition coefficient (Wildman–Crippen LogP) is 5.84. The first-order valence-electron chi connectivity index (χ1n) is 9.75. The Morgan fingerprint density at radius 3 is 2.68 bits per heavy atom. The second-order valence-electron chi connectivity index (χ2n) is 7.04. The van der Waals surface area contributed by atoms with Gasteiger partial charge in [-0.15, -0.1) is 0 Å². The van der Waals surface area contributed by atoms with Gasteiger partial charge in [0.05, 0.1) is 11.4 Å². The molecule has 1 unspecified atom stereocenters. The van der Waals surface area contributed by atoms with E-state index in [9.17, 15) is 0 Å². The first-order valence-corrected chi connectivity index (χ1v) is 9.75. The van der Waals surface area contributed by atoms with Crippen molar-refractivity contribution in [3.05, 3.63) is 90.3 Å². The topological polar surface area (TPSA) is 40.5 Å². The minimum absolute atomic E-state index is 0.433. The van der Waals surface area contributed by atoms with Crippen molar-refractivity contribution in [3.8, 4) is 0 Å². The Labute approximate surface area is 168 Å². The normalized spacial score (nSPS) is 15.4. The Hall–Kier alpha value is -3.14. The van der Waals surface area contributed by atoms with E-state index in [0.29, 0.717) is 5.92 Å². The first-order chi connectivity index (χ1) is 13.6. The van der Waals surface area contributed by atoms with Gasteiger partial charge in [0.15, 0.2) is 0 Å². The van der Waals surface area contributed by atoms with Crippen LogP contribution in [0.1, 0.15) is 38.3 Å². The number of anilines is 1. The Bertz CT molecular complexity index is 892. The van der Waals surface area contributed by atoms with E-state index in [-0.39, 0.29) is 0 Å². The van der Waals surface area contributed by atoms with Gasteiger partial charge in [0.25, 0.3) is 0 Å². The average molecular weight is 373 g/mol. The number of nitrogens with zero attached hydrogens (tertiary/aromatic N) is 3. The van der Waals surface area contributed by atoms with Crippen LogP contribution < -0.4 is 5.32 Å². The zero-order valence-corrected chi connectivity index (χ0v) is 16.9. The van der Waals surface area contributed by atoms with E-state index < -0.39 is 0 Å². The number of hydrogen-bond donors (Lipinski definition) is 1. The largest absolute Gasteiger partial charge is 0.366 e. The molecule has 0 spiro atoms. The zero-order chi connectivity index (χ0) is 19.9. The molecule has 2 aromatic rings. The highest BCUT2D eigenvalue weighted by molar-refractivity contribution is 5.85. The van der Waals surface area contributed by atoms with Crippen LogP contribution in [-0.2, 0) is 6.54 Å². The van der Waals surface area contributed by atoms with Gasteiger partial charge in [-0.25, -0.2) is 9.99 Å². The Morgan fingerprint density at radius 1 is 1.21 bits per heavy atom. The minimum Gasteiger partial charge on any atom is -0.366 e. The maximum absolute atomic E-state index is 4.83. The van der Waals surface area contributed by atoms with E-state index >= 15 is 0 Å². The summed E-state index contributed by atoms with van der Waals surface area (Å²) in [7, 11) is 0. The molecule has 0 fully saturated rings. The SMILES string of the molecule is C=C1C=CC=C(c2ccc(NCc3ccccc3)nc2)N1N=C(C)C(C)CC. The van der Waals surface area contributed by atoms with Crippen molar-refractivity contribution in [1.82, 2.24) is 9.99 Å². The van der Waals surface area contributed by atoms with Crippen LogP contribution in [0.5, 0.6) is 0 Å². The second kappa shape index (κ2) is 9.18. The molecule has 0 radical (unpaired) electrons. The summed E-state index contributed by atoms with van der Waals surface area (Å²) in [5.74, 6) is 1.28. The van der Waals surface area contributed by atoms with E-state index in [1.165, 1.54) is 5.56 Å². The van der Waals surface area contributed by atoms with Crippen LogP contribution in [0.3, 0.4) is 0 Å². The summed E-state index contributed by atoms with van der Waals surface area (Å²) in [6.45, 7) is 11.3. The standard InChI is InChI=1S/C24H28N4/c1-5-18(2)20(4)27-28-19(3)10-9-13-23(28)22-14-15-24(26-17-22)25-16-21-11-7-6-8-12-21/h6-15,17-18H,3,5,16H2,1-2,4H3,(H,25,26). The van der Waals surface area contributed by atoms with Crippen LogP contribution in [0.15, 0.2) is 84.3 Å². The van der Waals surface area contributed by atoms with Crippen molar-refractivity contribution in [2.75, 3.05) is 5.32 Å². The molecule has 0 aliphatic carbocycles. The zero-order valence-electron chi connectivity index (χ0n) is 16.9. The van der Waals surface area contributed by atoms with Crippen LogP contribution in [0.25, 0.3) is 5.70 Å². The van der Waals surface area contributed by atoms with Gasteiger partial charge in [0, 0.05) is 24.0 Å². The molecule has 4 nitrogen and oxygen atoms in total. The summed E-state index contributed by atoms with van der Waals surface area (Å²) in [4.78, 5) is 4.58. The van der Waals surface area contributed by atoms with E-state index in [0.717, 1.165) is 41.5 Å². The van der Waals surface area contributed by atoms with Crippen molar-refractivity contribution in [2.45, 2.75) is 33.7 Å². The molecule has 1 N–H and O–H groups in total. The van der Waals surface area contributed by atoms with E-state index in [1.807, 2.05) is 47.6 Å². The fourth-order valence-corrected chi connectivity index (χ4v) is 2.87. The molecule has 0 bridgehead atoms. The number of rotatable bonds is 7. The Kier molecular flexibility index (Phi) is 6.43. The number of hydrazone groups is 1. The van der Waals surface area contributed by atoms with Crippen molar-refractivity contribution in [2.24, 2.45) is 11.0 Å². The van der Waals surface area contributed by atoms with Gasteiger partial charge in [0.1, 0.15) is 5.82 Å². The third-order valence-electron chi connectivity index (χ3n) is 5.00. The van der Waals surface area contributed by atoms with Crippen molar-refractivity contribution >= 4 is 17.2 Å². The van der Waals surface area contributed by atoms with Crippen LogP contribution in [0.4, 0.5) is 5.82 Å². The molecule has 1 aromatic heterocycles. The van der Waals surface area contributed by atoms with Crippen molar-refractivity contribution in [1.29, 1.82) is 0 Å². The summed E-state index contributed by atoms with van der Waals surface area (Å²) < 4.78 is 0. The molecule has 2 heterocycles. The molecule has 3 rings (SSSR count). The molecule has 4 heteroatoms. The van der Waals surface area contributed by atoms with Gasteiger partial charge in [0.2, 0.25) is 0 Å². The van der Waals surface area contributed by atoms with E-state index in [1.54, 1.807) is 0 Å². The minimum atomic E-state index is 0.433. The van der Waals surface area contributed by atoms with E-state index in [4.69, 9.17) is 5.10 Å². The third-order valence-corrected chi connectivity index (χ3v) is 5.00. The highest BCUT2D eigenvalue weighted by Gasteiger charge is 2.17. The quantitative estimate of drug-likeness (QED) is 0.621. The van der Waals surface area contributed by atoms with Gasteiger partial charge in [-0.05, 0) is 49.1 Å². The lowest BCUT2D eigenvalue weighted by Gasteiger charge is -2.26. The highest BCUT2D eigenvalue weighted by Crippen LogP contribution is 2.28. The van der Waals surface area contributed by atoms with Gasteiger partial charge >= 0.3 is 0 Å². The van der Waals surface area contributed by atoms with Crippen LogP contribution >= 0.6 is 0 Å². The van der Waals surface area contributed by atoms with Crippen LogP contribution in [0.2, 0.25) is 0 Å². The first kappa shape index (κ1) is 19.6. The molecule has 1 aliphatic rings. The maximum atomic E-state index is 4.83. The number of benzene rings is 1. The molecule has 0 saturated heterocycles. The van der Waals surface area contributed by atoms with Gasteiger partial charge in [-0.2, -0.15) is 5.10 Å². The molecule has 1 aromatic carbocycles. The molecule has 28 heavy (non-hydrogen) atoms. The summed E-state index contributed by atoms with van der Waals surface area (Å²) in [6.07, 6.45) is 8.97. The van der Waals surface area contributed by atoms with Crippen LogP contribution in [0, 0.1) is 5.92 Å². The third kappa shape index (κ3) is 4.77. The number of allylic oxidation sites excluding steroid dienone is 3. The van der Waals surface area contributed by atoms with Crippen LogP contribution in [-0.4, -0.2) is 15.7 Å². The maximum Gasteiger partial charge on any atom is 0.126 e. The number of aromatic nitrogens is 1. The van der Waals surface area contributed by atoms with Gasteiger partial charge in [-0.1, -0.05) is 56.8 Å². The summed E-state index contributed by atoms with van der Waals surface area (Å²) in [5.41, 5.74) is 5.17. The molecule has 0 amide bonds. The second-order valence-corrected chi connectivity index (χ2v) is 7.04. The lowest BCUT2D eigenvalue weighted by molar-refractivity contribution is 0.528. The number of nitrogens with one attached hydrogen (secondary N) is 1. The fourth-order valence-electron chi connectivity index (χ4n) is 2.87. The smallest absolute Gasteiger partial charge is 0.126 e. The predicted molar refractivity (Wildman–Crippen MR) is 119 cm³/mol. The van der Waals surface area contributed by atoms with Crippen molar-refractivity contribution in [3.63, 3.8) is 0 Å². The molecule has 0 saturated carbocycles. The van der Waals surface area contributed by atoms with Crippen molar-refractivity contribution < 1.29 is 0 Å². The average Bonchev–Trinajstić information content (AvgIpc) is 2.74. The molecule has 144 valence electrons. The summed E-state index contributed by atoms with van der Waals surface area (Å²) in [5, 5.41) is 10.1. The van der Waals surface area contributed by atoms with Gasteiger partial charge < -0.3 is 5.32 Å². The summed E-state index contributed by atoms with van der Waals surface area (Å²) >= 11 is 0. The fraction of sp³-hybridized carbons (Fsp3) is 0.250. The molecular formula is C24H28N4. The van der Waals surface area contributed by atoms with E-state index in [2.05, 4.69) is 61.9 Å². The highest BCUT2D eigenvalue weighted by atomic mass is 15.5. The molecular weight excluding hydrogens is 344 g/mol. The molecule has 1 atom stereocenters. The Balaban J connectivity index is 1.76. The summed E-state index contributed by atoms with van der Waals surface area (Å²) in [6, 6.07) is 14.4. The monoisotopic (exact) mass is 372 g/mol. The Morgan fingerprint density at radius 2 is 2.00 bits per heavy atom. The lowest BCUT2D eigenvalue weighted by Crippen LogP contribution is -2.20. The number of pyridine rings is 1.